The molecule has 1 aliphatic rings. The van der Waals surface area contributed by atoms with Gasteiger partial charge in [0.1, 0.15) is 11.5 Å². The molecular formula is C15H15FN4O. The number of amides is 1. The number of benzene rings is 1. The Kier molecular flexibility index (Phi) is 3.29. The van der Waals surface area contributed by atoms with Crippen LogP contribution >= 0.6 is 0 Å². The molecule has 6 heteroatoms. The Labute approximate surface area is 121 Å². The highest BCUT2D eigenvalue weighted by Gasteiger charge is 2.24. The van der Waals surface area contributed by atoms with E-state index in [4.69, 9.17) is 5.73 Å². The zero-order valence-corrected chi connectivity index (χ0v) is 11.6. The number of rotatable bonds is 4. The largest absolute Gasteiger partial charge is 0.382 e. The molecule has 1 aromatic carbocycles. The number of nitrogens with zero attached hydrogens (tertiary/aromatic N) is 2. The fourth-order valence-electron chi connectivity index (χ4n) is 2.17. The molecule has 1 amide bonds. The molecule has 1 fully saturated rings. The highest BCUT2D eigenvalue weighted by atomic mass is 19.1. The molecule has 0 aliphatic heterocycles. The number of hydrogen-bond acceptors (Lipinski definition) is 4. The third kappa shape index (κ3) is 2.84. The van der Waals surface area contributed by atoms with Gasteiger partial charge in [0.2, 0.25) is 0 Å². The van der Waals surface area contributed by atoms with Crippen LogP contribution in [0.1, 0.15) is 28.9 Å². The zero-order chi connectivity index (χ0) is 15.0. The third-order valence-corrected chi connectivity index (χ3v) is 3.36. The van der Waals surface area contributed by atoms with E-state index in [1.54, 1.807) is 19.1 Å². The summed E-state index contributed by atoms with van der Waals surface area (Å²) >= 11 is 0. The molecule has 3 rings (SSSR count). The normalized spacial score (nSPS) is 14.0. The maximum atomic E-state index is 13.5. The minimum absolute atomic E-state index is 0.285. The number of carbonyl (C=O) groups is 1. The first kappa shape index (κ1) is 13.5. The number of aromatic nitrogens is 2. The molecule has 0 spiro atoms. The van der Waals surface area contributed by atoms with Gasteiger partial charge in [-0.3, -0.25) is 4.79 Å². The summed E-state index contributed by atoms with van der Waals surface area (Å²) < 4.78 is 13.5. The molecule has 0 unspecified atom stereocenters. The van der Waals surface area contributed by atoms with Crippen LogP contribution in [0.15, 0.2) is 24.3 Å². The number of primary amides is 1. The van der Waals surface area contributed by atoms with Crippen LogP contribution in [0.25, 0.3) is 11.3 Å². The van der Waals surface area contributed by atoms with Crippen LogP contribution in [-0.2, 0) is 0 Å². The van der Waals surface area contributed by atoms with Gasteiger partial charge in [-0.15, -0.1) is 5.10 Å². The maximum Gasteiger partial charge on any atom is 0.251 e. The van der Waals surface area contributed by atoms with Crippen molar-refractivity contribution in [1.29, 1.82) is 0 Å². The standard InChI is InChI=1S/C15H15FN4O/c1-8-6-12(15(17)21)14(20-19-8)11-5-2-9(16)7-13(11)18-10-3-4-10/h2,5-7,10,18H,3-4H2,1H3,(H2,17,21). The van der Waals surface area contributed by atoms with E-state index in [2.05, 4.69) is 15.5 Å². The Hall–Kier alpha value is -2.50. The molecule has 3 N–H and O–H groups in total. The van der Waals surface area contributed by atoms with E-state index in [9.17, 15) is 9.18 Å². The summed E-state index contributed by atoms with van der Waals surface area (Å²) in [6.07, 6.45) is 2.11. The number of nitrogens with two attached hydrogens (primary N) is 1. The second kappa shape index (κ2) is 5.12. The third-order valence-electron chi connectivity index (χ3n) is 3.36. The Bertz CT molecular complexity index is 713. The van der Waals surface area contributed by atoms with E-state index in [-0.39, 0.29) is 11.4 Å². The molecule has 2 aromatic rings. The van der Waals surface area contributed by atoms with Gasteiger partial charge in [0.05, 0.1) is 11.3 Å². The highest BCUT2D eigenvalue weighted by Crippen LogP contribution is 2.33. The first-order chi connectivity index (χ1) is 10.0. The minimum atomic E-state index is -0.579. The summed E-state index contributed by atoms with van der Waals surface area (Å²) in [5, 5.41) is 11.3. The van der Waals surface area contributed by atoms with Crippen molar-refractivity contribution in [3.8, 4) is 11.3 Å². The van der Waals surface area contributed by atoms with Gasteiger partial charge in [0.25, 0.3) is 5.91 Å². The second-order valence-corrected chi connectivity index (χ2v) is 5.22. The van der Waals surface area contributed by atoms with Crippen molar-refractivity contribution in [2.24, 2.45) is 5.73 Å². The lowest BCUT2D eigenvalue weighted by Gasteiger charge is -2.13. The number of carbonyl (C=O) groups excluding carboxylic acids is 1. The van der Waals surface area contributed by atoms with Crippen molar-refractivity contribution in [2.75, 3.05) is 5.32 Å². The van der Waals surface area contributed by atoms with E-state index in [1.807, 2.05) is 0 Å². The Morgan fingerprint density at radius 1 is 1.33 bits per heavy atom. The lowest BCUT2D eigenvalue weighted by Crippen LogP contribution is -2.15. The average molecular weight is 286 g/mol. The number of hydrogen-bond donors (Lipinski definition) is 2. The topological polar surface area (TPSA) is 80.9 Å². The second-order valence-electron chi connectivity index (χ2n) is 5.22. The van der Waals surface area contributed by atoms with Crippen molar-refractivity contribution < 1.29 is 9.18 Å². The fraction of sp³-hybridized carbons (Fsp3) is 0.267. The van der Waals surface area contributed by atoms with Crippen LogP contribution in [0.3, 0.4) is 0 Å². The lowest BCUT2D eigenvalue weighted by molar-refractivity contribution is 0.100. The fourth-order valence-corrected chi connectivity index (χ4v) is 2.17. The molecule has 108 valence electrons. The molecule has 21 heavy (non-hydrogen) atoms. The van der Waals surface area contributed by atoms with Gasteiger partial charge in [0.15, 0.2) is 0 Å². The first-order valence-electron chi connectivity index (χ1n) is 6.75. The van der Waals surface area contributed by atoms with Crippen LogP contribution in [0.2, 0.25) is 0 Å². The number of aryl methyl sites for hydroxylation is 1. The van der Waals surface area contributed by atoms with Gasteiger partial charge in [-0.05, 0) is 44.0 Å². The molecular weight excluding hydrogens is 271 g/mol. The Morgan fingerprint density at radius 2 is 2.10 bits per heavy atom. The number of halogens is 1. The Balaban J connectivity index is 2.13. The van der Waals surface area contributed by atoms with E-state index < -0.39 is 5.91 Å². The molecule has 1 saturated carbocycles. The van der Waals surface area contributed by atoms with E-state index in [0.29, 0.717) is 28.7 Å². The molecule has 0 radical (unpaired) electrons. The van der Waals surface area contributed by atoms with Crippen molar-refractivity contribution in [3.05, 3.63) is 41.3 Å². The Morgan fingerprint density at radius 3 is 2.76 bits per heavy atom. The van der Waals surface area contributed by atoms with Crippen molar-refractivity contribution in [2.45, 2.75) is 25.8 Å². The lowest BCUT2D eigenvalue weighted by atomic mass is 10.0. The van der Waals surface area contributed by atoms with Crippen molar-refractivity contribution in [3.63, 3.8) is 0 Å². The molecule has 5 nitrogen and oxygen atoms in total. The summed E-state index contributed by atoms with van der Waals surface area (Å²) in [5.74, 6) is -0.924. The van der Waals surface area contributed by atoms with Crippen LogP contribution in [0, 0.1) is 12.7 Å². The molecule has 0 saturated heterocycles. The van der Waals surface area contributed by atoms with E-state index in [1.165, 1.54) is 12.1 Å². The molecule has 1 heterocycles. The quantitative estimate of drug-likeness (QED) is 0.903. The molecule has 1 aromatic heterocycles. The highest BCUT2D eigenvalue weighted by molar-refractivity contribution is 6.00. The zero-order valence-electron chi connectivity index (χ0n) is 11.6. The van der Waals surface area contributed by atoms with Crippen molar-refractivity contribution in [1.82, 2.24) is 10.2 Å². The number of nitrogens with one attached hydrogen (secondary N) is 1. The van der Waals surface area contributed by atoms with E-state index >= 15 is 0 Å². The molecule has 0 bridgehead atoms. The van der Waals surface area contributed by atoms with Crippen molar-refractivity contribution >= 4 is 11.6 Å². The van der Waals surface area contributed by atoms with Crippen LogP contribution in [-0.4, -0.2) is 22.1 Å². The molecule has 1 aliphatic carbocycles. The van der Waals surface area contributed by atoms with Gasteiger partial charge in [0, 0.05) is 17.3 Å². The average Bonchev–Trinajstić information content (AvgIpc) is 3.23. The summed E-state index contributed by atoms with van der Waals surface area (Å²) in [6.45, 7) is 1.73. The smallest absolute Gasteiger partial charge is 0.251 e. The predicted octanol–water partition coefficient (Wildman–Crippen LogP) is 2.26. The van der Waals surface area contributed by atoms with Gasteiger partial charge in [-0.1, -0.05) is 0 Å². The first-order valence-corrected chi connectivity index (χ1v) is 6.75. The summed E-state index contributed by atoms with van der Waals surface area (Å²) in [6, 6.07) is 6.27. The van der Waals surface area contributed by atoms with Crippen LogP contribution in [0.5, 0.6) is 0 Å². The predicted molar refractivity (Wildman–Crippen MR) is 77.3 cm³/mol. The van der Waals surface area contributed by atoms with Gasteiger partial charge in [-0.25, -0.2) is 4.39 Å². The van der Waals surface area contributed by atoms with Gasteiger partial charge < -0.3 is 11.1 Å². The van der Waals surface area contributed by atoms with Gasteiger partial charge >= 0.3 is 0 Å². The number of anilines is 1. The monoisotopic (exact) mass is 286 g/mol. The van der Waals surface area contributed by atoms with Crippen LogP contribution in [0.4, 0.5) is 10.1 Å². The summed E-state index contributed by atoms with van der Waals surface area (Å²) in [5.41, 5.74) is 7.91. The SMILES string of the molecule is Cc1cc(C(N)=O)c(-c2ccc(F)cc2NC2CC2)nn1. The molecule has 0 atom stereocenters. The van der Waals surface area contributed by atoms with Crippen LogP contribution < -0.4 is 11.1 Å². The minimum Gasteiger partial charge on any atom is -0.382 e. The maximum absolute atomic E-state index is 13.5. The van der Waals surface area contributed by atoms with E-state index in [0.717, 1.165) is 12.8 Å². The summed E-state index contributed by atoms with van der Waals surface area (Å²) in [4.78, 5) is 11.6. The van der Waals surface area contributed by atoms with Gasteiger partial charge in [-0.2, -0.15) is 5.10 Å². The summed E-state index contributed by atoms with van der Waals surface area (Å²) in [7, 11) is 0.